The number of hydrogen-bond donors (Lipinski definition) is 0. The number of benzene rings is 14. The predicted molar refractivity (Wildman–Crippen MR) is 338 cm³/mol. The fourth-order valence-electron chi connectivity index (χ4n) is 16.0. The molecule has 14 aromatic carbocycles. The van der Waals surface area contributed by atoms with Gasteiger partial charge in [0.2, 0.25) is 0 Å². The molecule has 0 heteroatoms. The standard InChI is InChI=1S/C79H58/c1-7-79(8-2)71-41-53(51-23-31-59-61-35-27-55(43-69(61)77(3,4)67(59)39-51)57-29-19-49-17-15-45-11-9-13-47-21-37-65(57)75(49)73(45)47)25-33-63(71)64-34-26-54(42-72(64)79)52-24-32-60-62-36-28-56(44-70(62)78(5,6)68(60)40-52)58-30-20-50-18-16-46-12-10-14-48-22-38-66(58)76(50)74(46)48/h9-44H,7-8H2,1-6H3. The first-order valence-electron chi connectivity index (χ1n) is 28.8. The molecule has 0 bridgehead atoms. The maximum atomic E-state index is 2.55. The van der Waals surface area contributed by atoms with Crippen LogP contribution in [-0.4, -0.2) is 0 Å². The highest BCUT2D eigenvalue weighted by Crippen LogP contribution is 2.57. The molecule has 0 amide bonds. The van der Waals surface area contributed by atoms with E-state index in [0.717, 1.165) is 12.8 Å². The number of rotatable bonds is 6. The van der Waals surface area contributed by atoms with Crippen molar-refractivity contribution >= 4 is 64.6 Å². The minimum Gasteiger partial charge on any atom is -0.0642 e. The Morgan fingerprint density at radius 2 is 0.494 bits per heavy atom. The summed E-state index contributed by atoms with van der Waals surface area (Å²) in [5.41, 5.74) is 26.7. The lowest BCUT2D eigenvalue weighted by Gasteiger charge is -2.30. The van der Waals surface area contributed by atoms with Gasteiger partial charge < -0.3 is 0 Å². The SMILES string of the molecule is CCC1(CC)c2cc(-c3ccc4c(c3)C(C)(C)c3cc(-c5ccc6ccc7cccc8ccc5c6c78)ccc3-4)ccc2-c2ccc(-c3ccc4c(c3)C(C)(C)c3cc(-c5ccc6ccc7cccc8ccc5c6c78)ccc3-4)cc21. The molecule has 374 valence electrons. The minimum absolute atomic E-state index is 0.0851. The Balaban J connectivity index is 0.692. The van der Waals surface area contributed by atoms with Crippen LogP contribution in [0.15, 0.2) is 218 Å². The van der Waals surface area contributed by atoms with Crippen molar-refractivity contribution in [1.29, 1.82) is 0 Å². The van der Waals surface area contributed by atoms with Crippen LogP contribution in [0.4, 0.5) is 0 Å². The largest absolute Gasteiger partial charge is 0.0642 e. The van der Waals surface area contributed by atoms with E-state index in [1.165, 1.54) is 176 Å². The van der Waals surface area contributed by atoms with Gasteiger partial charge in [-0.2, -0.15) is 0 Å². The molecule has 0 heterocycles. The summed E-state index contributed by atoms with van der Waals surface area (Å²) in [6, 6.07) is 84.9. The summed E-state index contributed by atoms with van der Waals surface area (Å²) < 4.78 is 0. The van der Waals surface area contributed by atoms with Crippen LogP contribution in [0.3, 0.4) is 0 Å². The molecule has 0 atom stereocenters. The van der Waals surface area contributed by atoms with Crippen LogP contribution in [0.2, 0.25) is 0 Å². The Bertz CT molecular complexity index is 4630. The Labute approximate surface area is 462 Å². The molecule has 0 spiro atoms. The second kappa shape index (κ2) is 15.7. The molecule has 3 aliphatic carbocycles. The average Bonchev–Trinajstić information content (AvgIpc) is 4.04. The molecule has 3 aliphatic rings. The van der Waals surface area contributed by atoms with E-state index in [0.29, 0.717) is 0 Å². The lowest BCUT2D eigenvalue weighted by Crippen LogP contribution is -2.23. The molecular formula is C79H58. The fraction of sp³-hybridized carbons (Fsp3) is 0.139. The monoisotopic (exact) mass is 1010 g/mol. The first-order chi connectivity index (χ1) is 38.5. The molecule has 0 fully saturated rings. The summed E-state index contributed by atoms with van der Waals surface area (Å²) in [5, 5.41) is 16.0. The van der Waals surface area contributed by atoms with Crippen LogP contribution in [0.25, 0.3) is 143 Å². The Kier molecular flexibility index (Phi) is 8.97. The van der Waals surface area contributed by atoms with E-state index in [9.17, 15) is 0 Å². The normalized spacial score (nSPS) is 15.1. The van der Waals surface area contributed by atoms with Gasteiger partial charge in [0, 0.05) is 16.2 Å². The van der Waals surface area contributed by atoms with Gasteiger partial charge in [-0.05, 0) is 225 Å². The third-order valence-electron chi connectivity index (χ3n) is 20.3. The number of fused-ring (bicyclic) bond motifs is 9. The third kappa shape index (κ3) is 5.94. The van der Waals surface area contributed by atoms with Gasteiger partial charge in [-0.1, -0.05) is 224 Å². The first kappa shape index (κ1) is 45.2. The molecule has 0 unspecified atom stereocenters. The molecule has 0 aliphatic heterocycles. The van der Waals surface area contributed by atoms with Gasteiger partial charge in [-0.3, -0.25) is 0 Å². The quantitative estimate of drug-likeness (QED) is 0.146. The zero-order valence-electron chi connectivity index (χ0n) is 45.7. The van der Waals surface area contributed by atoms with Crippen molar-refractivity contribution in [1.82, 2.24) is 0 Å². The smallest absolute Gasteiger partial charge is 0.0210 e. The zero-order chi connectivity index (χ0) is 52.8. The Morgan fingerprint density at radius 1 is 0.241 bits per heavy atom. The Morgan fingerprint density at radius 3 is 0.835 bits per heavy atom. The van der Waals surface area contributed by atoms with E-state index in [2.05, 4.69) is 260 Å². The van der Waals surface area contributed by atoms with E-state index in [-0.39, 0.29) is 16.2 Å². The van der Waals surface area contributed by atoms with Crippen molar-refractivity contribution < 1.29 is 0 Å². The van der Waals surface area contributed by atoms with Gasteiger partial charge in [-0.25, -0.2) is 0 Å². The molecule has 79 heavy (non-hydrogen) atoms. The first-order valence-corrected chi connectivity index (χ1v) is 28.8. The van der Waals surface area contributed by atoms with Gasteiger partial charge in [0.05, 0.1) is 0 Å². The van der Waals surface area contributed by atoms with Gasteiger partial charge in [-0.15, -0.1) is 0 Å². The second-order valence-electron chi connectivity index (χ2n) is 24.5. The van der Waals surface area contributed by atoms with Crippen LogP contribution in [-0.2, 0) is 16.2 Å². The summed E-state index contributed by atoms with van der Waals surface area (Å²) in [4.78, 5) is 0. The number of hydrogen-bond acceptors (Lipinski definition) is 0. The highest BCUT2D eigenvalue weighted by Gasteiger charge is 2.42. The highest BCUT2D eigenvalue weighted by atomic mass is 14.5. The minimum atomic E-state index is -0.162. The molecule has 17 rings (SSSR count). The summed E-state index contributed by atoms with van der Waals surface area (Å²) in [6.07, 6.45) is 2.08. The second-order valence-corrected chi connectivity index (χ2v) is 24.5. The maximum Gasteiger partial charge on any atom is 0.0210 e. The van der Waals surface area contributed by atoms with Gasteiger partial charge in [0.25, 0.3) is 0 Å². The van der Waals surface area contributed by atoms with E-state index >= 15 is 0 Å². The zero-order valence-corrected chi connectivity index (χ0v) is 45.7. The highest BCUT2D eigenvalue weighted by molar-refractivity contribution is 6.27. The Hall–Kier alpha value is -8.84. The van der Waals surface area contributed by atoms with Crippen molar-refractivity contribution in [2.75, 3.05) is 0 Å². The van der Waals surface area contributed by atoms with Crippen LogP contribution in [0.1, 0.15) is 87.8 Å². The predicted octanol–water partition coefficient (Wildman–Crippen LogP) is 21.8. The van der Waals surface area contributed by atoms with Crippen molar-refractivity contribution in [2.45, 2.75) is 70.6 Å². The maximum absolute atomic E-state index is 2.55. The fourth-order valence-corrected chi connectivity index (χ4v) is 16.0. The van der Waals surface area contributed by atoms with Gasteiger partial charge in [0.1, 0.15) is 0 Å². The lowest BCUT2D eigenvalue weighted by molar-refractivity contribution is 0.491. The molecule has 0 saturated heterocycles. The van der Waals surface area contributed by atoms with Crippen LogP contribution >= 0.6 is 0 Å². The molecule has 0 radical (unpaired) electrons. The summed E-state index contributed by atoms with van der Waals surface area (Å²) in [5.74, 6) is 0. The van der Waals surface area contributed by atoms with Crippen molar-refractivity contribution in [3.8, 4) is 77.9 Å². The third-order valence-corrected chi connectivity index (χ3v) is 20.3. The van der Waals surface area contributed by atoms with Crippen LogP contribution < -0.4 is 0 Å². The molecular weight excluding hydrogens is 949 g/mol. The van der Waals surface area contributed by atoms with Gasteiger partial charge in [0.15, 0.2) is 0 Å². The van der Waals surface area contributed by atoms with Crippen molar-refractivity contribution in [3.63, 3.8) is 0 Å². The topological polar surface area (TPSA) is 0 Å². The van der Waals surface area contributed by atoms with E-state index in [1.807, 2.05) is 0 Å². The summed E-state index contributed by atoms with van der Waals surface area (Å²) >= 11 is 0. The van der Waals surface area contributed by atoms with Crippen molar-refractivity contribution in [2.24, 2.45) is 0 Å². The summed E-state index contributed by atoms with van der Waals surface area (Å²) in [7, 11) is 0. The van der Waals surface area contributed by atoms with Crippen molar-refractivity contribution in [3.05, 3.63) is 252 Å². The van der Waals surface area contributed by atoms with E-state index < -0.39 is 0 Å². The van der Waals surface area contributed by atoms with E-state index in [1.54, 1.807) is 0 Å². The molecule has 0 aromatic heterocycles. The molecule has 0 saturated carbocycles. The summed E-state index contributed by atoms with van der Waals surface area (Å²) in [6.45, 7) is 14.5. The van der Waals surface area contributed by atoms with Crippen LogP contribution in [0, 0.1) is 0 Å². The average molecular weight is 1010 g/mol. The van der Waals surface area contributed by atoms with Crippen LogP contribution in [0.5, 0.6) is 0 Å². The molecule has 0 nitrogen and oxygen atoms in total. The lowest BCUT2D eigenvalue weighted by atomic mass is 9.73. The molecule has 14 aromatic rings. The molecule has 0 N–H and O–H groups in total. The van der Waals surface area contributed by atoms with E-state index in [4.69, 9.17) is 0 Å². The van der Waals surface area contributed by atoms with Gasteiger partial charge >= 0.3 is 0 Å².